The first-order valence-corrected chi connectivity index (χ1v) is 10.5. The van der Waals surface area contributed by atoms with E-state index in [1.54, 1.807) is 4.90 Å². The van der Waals surface area contributed by atoms with Crippen LogP contribution in [-0.4, -0.2) is 31.5 Å². The van der Waals surface area contributed by atoms with Crippen molar-refractivity contribution < 1.29 is 14.3 Å². The first-order chi connectivity index (χ1) is 14.7. The smallest absolute Gasteiger partial charge is 0.258 e. The van der Waals surface area contributed by atoms with Gasteiger partial charge in [-0.15, -0.1) is 0 Å². The number of rotatable bonds is 9. The Hall–Kier alpha value is -3.34. The van der Waals surface area contributed by atoms with Crippen molar-refractivity contribution >= 4 is 28.3 Å². The summed E-state index contributed by atoms with van der Waals surface area (Å²) in [6.07, 6.45) is 1.99. The highest BCUT2D eigenvalue weighted by molar-refractivity contribution is 6.25. The number of carbonyl (C=O) groups excluding carboxylic acids is 2. The Morgan fingerprint density at radius 2 is 1.80 bits per heavy atom. The molecule has 0 saturated heterocycles. The molecular formula is C25H26N2O3. The summed E-state index contributed by atoms with van der Waals surface area (Å²) in [5.41, 5.74) is 2.96. The van der Waals surface area contributed by atoms with Gasteiger partial charge in [0.05, 0.1) is 12.2 Å². The maximum Gasteiger partial charge on any atom is 0.258 e. The number of hydrogen-bond acceptors (Lipinski definition) is 3. The van der Waals surface area contributed by atoms with Crippen LogP contribution in [0.25, 0.3) is 10.8 Å². The quantitative estimate of drug-likeness (QED) is 0.542. The fraction of sp³-hybridized carbons (Fsp3) is 0.280. The molecule has 0 aromatic heterocycles. The minimum absolute atomic E-state index is 0.0182. The second kappa shape index (κ2) is 8.99. The Kier molecular flexibility index (Phi) is 5.98. The number of aryl methyl sites for hydroxylation is 1. The topological polar surface area (TPSA) is 58.6 Å². The molecule has 3 aromatic rings. The van der Waals surface area contributed by atoms with Crippen molar-refractivity contribution in [3.8, 4) is 5.75 Å². The lowest BCUT2D eigenvalue weighted by atomic mass is 10.1. The van der Waals surface area contributed by atoms with Crippen LogP contribution in [0.4, 0.5) is 5.69 Å². The van der Waals surface area contributed by atoms with Crippen molar-refractivity contribution in [2.24, 2.45) is 0 Å². The molecule has 0 atom stereocenters. The standard InChI is InChI=1S/C25H26N2O3/c1-2-18-11-13-20(14-12-18)30-17-15-26-23(28)10-5-16-27-22-9-4-7-19-6-3-8-21(24(19)22)25(27)29/h3-4,6-9,11-14H,2,5,10,15-17H2,1H3,(H,26,28). The SMILES string of the molecule is CCc1ccc(OCCNC(=O)CCCN2C(=O)c3cccc4cccc2c34)cc1. The number of nitrogens with one attached hydrogen (secondary N) is 1. The Morgan fingerprint density at radius 3 is 2.57 bits per heavy atom. The van der Waals surface area contributed by atoms with Gasteiger partial charge in [-0.25, -0.2) is 0 Å². The van der Waals surface area contributed by atoms with Crippen molar-refractivity contribution in [1.82, 2.24) is 5.32 Å². The lowest BCUT2D eigenvalue weighted by Gasteiger charge is -2.17. The van der Waals surface area contributed by atoms with Crippen LogP contribution in [0.15, 0.2) is 60.7 Å². The molecule has 1 N–H and O–H groups in total. The first-order valence-electron chi connectivity index (χ1n) is 10.5. The lowest BCUT2D eigenvalue weighted by molar-refractivity contribution is -0.121. The van der Waals surface area contributed by atoms with Crippen LogP contribution >= 0.6 is 0 Å². The van der Waals surface area contributed by atoms with E-state index in [0.717, 1.165) is 34.2 Å². The molecule has 1 aliphatic heterocycles. The van der Waals surface area contributed by atoms with Gasteiger partial charge in [-0.3, -0.25) is 9.59 Å². The molecule has 30 heavy (non-hydrogen) atoms. The Morgan fingerprint density at radius 1 is 1.03 bits per heavy atom. The first kappa shape index (κ1) is 20.0. The molecule has 1 heterocycles. The molecule has 4 rings (SSSR count). The van der Waals surface area contributed by atoms with Crippen molar-refractivity contribution in [2.75, 3.05) is 24.6 Å². The number of nitrogens with zero attached hydrogens (tertiary/aromatic N) is 1. The molecule has 0 radical (unpaired) electrons. The minimum Gasteiger partial charge on any atom is -0.492 e. The van der Waals surface area contributed by atoms with Crippen molar-refractivity contribution in [3.05, 3.63) is 71.8 Å². The maximum absolute atomic E-state index is 12.7. The second-order valence-electron chi connectivity index (χ2n) is 7.44. The van der Waals surface area contributed by atoms with Crippen LogP contribution < -0.4 is 15.0 Å². The molecule has 0 spiro atoms. The van der Waals surface area contributed by atoms with Gasteiger partial charge in [0.1, 0.15) is 12.4 Å². The largest absolute Gasteiger partial charge is 0.492 e. The maximum atomic E-state index is 12.7. The van der Waals surface area contributed by atoms with Crippen LogP contribution in [0.2, 0.25) is 0 Å². The van der Waals surface area contributed by atoms with Crippen LogP contribution in [0.1, 0.15) is 35.7 Å². The van der Waals surface area contributed by atoms with Gasteiger partial charge >= 0.3 is 0 Å². The fourth-order valence-corrected chi connectivity index (χ4v) is 3.87. The van der Waals surface area contributed by atoms with E-state index in [-0.39, 0.29) is 11.8 Å². The Balaban J connectivity index is 1.21. The normalized spacial score (nSPS) is 12.4. The van der Waals surface area contributed by atoms with Crippen LogP contribution in [-0.2, 0) is 11.2 Å². The van der Waals surface area contributed by atoms with Gasteiger partial charge in [-0.05, 0) is 48.1 Å². The molecule has 0 bridgehead atoms. The fourth-order valence-electron chi connectivity index (χ4n) is 3.87. The predicted octanol–water partition coefficient (Wildman–Crippen LogP) is 4.34. The van der Waals surface area contributed by atoms with E-state index in [9.17, 15) is 9.59 Å². The molecule has 0 saturated carbocycles. The third-order valence-corrected chi connectivity index (χ3v) is 5.46. The zero-order chi connectivity index (χ0) is 20.9. The van der Waals surface area contributed by atoms with E-state index in [2.05, 4.69) is 12.2 Å². The van der Waals surface area contributed by atoms with Crippen molar-refractivity contribution in [1.29, 1.82) is 0 Å². The van der Waals surface area contributed by atoms with Crippen LogP contribution in [0.5, 0.6) is 5.75 Å². The van der Waals surface area contributed by atoms with Crippen LogP contribution in [0, 0.1) is 0 Å². The molecule has 154 valence electrons. The summed E-state index contributed by atoms with van der Waals surface area (Å²) in [5.74, 6) is 0.801. The molecule has 0 aliphatic carbocycles. The number of anilines is 1. The van der Waals surface area contributed by atoms with Gasteiger partial charge in [0.15, 0.2) is 0 Å². The van der Waals surface area contributed by atoms with Gasteiger partial charge in [0.25, 0.3) is 5.91 Å². The number of amides is 2. The highest BCUT2D eigenvalue weighted by atomic mass is 16.5. The van der Waals surface area contributed by atoms with E-state index in [4.69, 9.17) is 4.74 Å². The highest BCUT2D eigenvalue weighted by Crippen LogP contribution is 2.37. The number of ether oxygens (including phenoxy) is 1. The molecule has 5 nitrogen and oxygen atoms in total. The zero-order valence-corrected chi connectivity index (χ0v) is 17.2. The number of hydrogen-bond donors (Lipinski definition) is 1. The summed E-state index contributed by atoms with van der Waals surface area (Å²) < 4.78 is 5.66. The van der Waals surface area contributed by atoms with E-state index in [1.807, 2.05) is 60.7 Å². The van der Waals surface area contributed by atoms with E-state index < -0.39 is 0 Å². The molecule has 5 heteroatoms. The monoisotopic (exact) mass is 402 g/mol. The summed E-state index contributed by atoms with van der Waals surface area (Å²) in [7, 11) is 0. The molecule has 1 aliphatic rings. The van der Waals surface area contributed by atoms with Gasteiger partial charge < -0.3 is 15.0 Å². The van der Waals surface area contributed by atoms with Gasteiger partial charge in [-0.1, -0.05) is 43.3 Å². The van der Waals surface area contributed by atoms with Crippen molar-refractivity contribution in [3.63, 3.8) is 0 Å². The number of carbonyl (C=O) groups is 2. The minimum atomic E-state index is -0.0256. The van der Waals surface area contributed by atoms with Gasteiger partial charge in [-0.2, -0.15) is 0 Å². The molecule has 3 aromatic carbocycles. The Bertz CT molecular complexity index is 1050. The molecule has 2 amide bonds. The second-order valence-corrected chi connectivity index (χ2v) is 7.44. The number of benzene rings is 3. The Labute approximate surface area is 176 Å². The van der Waals surface area contributed by atoms with E-state index in [1.165, 1.54) is 5.56 Å². The van der Waals surface area contributed by atoms with E-state index in [0.29, 0.717) is 32.5 Å². The molecular weight excluding hydrogens is 376 g/mol. The van der Waals surface area contributed by atoms with E-state index >= 15 is 0 Å². The van der Waals surface area contributed by atoms with Gasteiger partial charge in [0, 0.05) is 23.9 Å². The summed E-state index contributed by atoms with van der Waals surface area (Å²) in [5, 5.41) is 4.97. The summed E-state index contributed by atoms with van der Waals surface area (Å²) in [6.45, 7) is 3.53. The third kappa shape index (κ3) is 4.15. The summed E-state index contributed by atoms with van der Waals surface area (Å²) >= 11 is 0. The van der Waals surface area contributed by atoms with Crippen molar-refractivity contribution in [2.45, 2.75) is 26.2 Å². The third-order valence-electron chi connectivity index (χ3n) is 5.46. The molecule has 0 unspecified atom stereocenters. The van der Waals surface area contributed by atoms with Gasteiger partial charge in [0.2, 0.25) is 5.91 Å². The lowest BCUT2D eigenvalue weighted by Crippen LogP contribution is -2.31. The summed E-state index contributed by atoms with van der Waals surface area (Å²) in [4.78, 5) is 26.7. The zero-order valence-electron chi connectivity index (χ0n) is 17.2. The summed E-state index contributed by atoms with van der Waals surface area (Å²) in [6, 6.07) is 19.8. The molecule has 0 fully saturated rings. The van der Waals surface area contributed by atoms with Crippen LogP contribution in [0.3, 0.4) is 0 Å². The average molecular weight is 402 g/mol. The average Bonchev–Trinajstić information content (AvgIpc) is 3.05. The highest BCUT2D eigenvalue weighted by Gasteiger charge is 2.28. The predicted molar refractivity (Wildman–Crippen MR) is 119 cm³/mol.